The van der Waals surface area contributed by atoms with Gasteiger partial charge in [0.2, 0.25) is 5.91 Å². The highest BCUT2D eigenvalue weighted by molar-refractivity contribution is 5.73. The van der Waals surface area contributed by atoms with Crippen LogP contribution >= 0.6 is 0 Å². The van der Waals surface area contributed by atoms with Gasteiger partial charge in [-0.05, 0) is 6.92 Å². The lowest BCUT2D eigenvalue weighted by molar-refractivity contribution is -0.313. The number of nitrogens with one attached hydrogen (secondary N) is 1. The van der Waals surface area contributed by atoms with Gasteiger partial charge in [-0.3, -0.25) is 4.79 Å². The SMILES string of the molecule is CCOC1OCC(NC(C)=O)CO1. The average Bonchev–Trinajstić information content (AvgIpc) is 2.08. The smallest absolute Gasteiger partial charge is 0.271 e. The van der Waals surface area contributed by atoms with E-state index < -0.39 is 6.48 Å². The summed E-state index contributed by atoms with van der Waals surface area (Å²) in [5.74, 6) is -0.0768. The van der Waals surface area contributed by atoms with Crippen LogP contribution in [0.2, 0.25) is 0 Å². The molecule has 5 nitrogen and oxygen atoms in total. The summed E-state index contributed by atoms with van der Waals surface area (Å²) >= 11 is 0. The maximum atomic E-state index is 10.7. The van der Waals surface area contributed by atoms with Gasteiger partial charge in [-0.15, -0.1) is 0 Å². The molecule has 13 heavy (non-hydrogen) atoms. The van der Waals surface area contributed by atoms with Crippen molar-refractivity contribution in [3.63, 3.8) is 0 Å². The number of amides is 1. The van der Waals surface area contributed by atoms with E-state index in [1.807, 2.05) is 6.92 Å². The number of carbonyl (C=O) groups is 1. The van der Waals surface area contributed by atoms with E-state index in [1.165, 1.54) is 6.92 Å². The second kappa shape index (κ2) is 5.16. The van der Waals surface area contributed by atoms with Crippen molar-refractivity contribution in [2.24, 2.45) is 0 Å². The van der Waals surface area contributed by atoms with Crippen molar-refractivity contribution in [2.75, 3.05) is 19.8 Å². The van der Waals surface area contributed by atoms with E-state index in [-0.39, 0.29) is 11.9 Å². The Bertz CT molecular complexity index is 166. The van der Waals surface area contributed by atoms with Crippen LogP contribution in [0.25, 0.3) is 0 Å². The third-order valence-electron chi connectivity index (χ3n) is 1.58. The van der Waals surface area contributed by atoms with Gasteiger partial charge in [-0.2, -0.15) is 0 Å². The van der Waals surface area contributed by atoms with E-state index in [2.05, 4.69) is 5.32 Å². The highest BCUT2D eigenvalue weighted by Gasteiger charge is 2.22. The van der Waals surface area contributed by atoms with Crippen LogP contribution in [0.15, 0.2) is 0 Å². The van der Waals surface area contributed by atoms with Crippen molar-refractivity contribution >= 4 is 5.91 Å². The van der Waals surface area contributed by atoms with Gasteiger partial charge in [0.25, 0.3) is 6.48 Å². The summed E-state index contributed by atoms with van der Waals surface area (Å²) in [5, 5.41) is 2.70. The average molecular weight is 189 g/mol. The normalized spacial score (nSPS) is 28.5. The third-order valence-corrected chi connectivity index (χ3v) is 1.58. The first kappa shape index (κ1) is 10.4. The summed E-state index contributed by atoms with van der Waals surface area (Å²) in [7, 11) is 0. The van der Waals surface area contributed by atoms with Gasteiger partial charge in [0.05, 0.1) is 19.3 Å². The minimum absolute atomic E-state index is 0.0609. The molecule has 0 saturated carbocycles. The van der Waals surface area contributed by atoms with Crippen molar-refractivity contribution in [1.82, 2.24) is 5.32 Å². The van der Waals surface area contributed by atoms with E-state index in [9.17, 15) is 4.79 Å². The number of carbonyl (C=O) groups excluding carboxylic acids is 1. The van der Waals surface area contributed by atoms with Crippen molar-refractivity contribution in [3.8, 4) is 0 Å². The molecule has 0 atom stereocenters. The Hall–Kier alpha value is -0.650. The van der Waals surface area contributed by atoms with Gasteiger partial charge in [0.15, 0.2) is 0 Å². The Morgan fingerprint density at radius 1 is 1.54 bits per heavy atom. The molecule has 0 radical (unpaired) electrons. The molecule has 1 heterocycles. The number of rotatable bonds is 3. The molecule has 76 valence electrons. The molecule has 0 unspecified atom stereocenters. The van der Waals surface area contributed by atoms with Gasteiger partial charge in [-0.25, -0.2) is 0 Å². The third kappa shape index (κ3) is 3.71. The minimum atomic E-state index is -0.574. The molecule has 1 N–H and O–H groups in total. The fraction of sp³-hybridized carbons (Fsp3) is 0.875. The zero-order chi connectivity index (χ0) is 9.68. The molecule has 0 spiro atoms. The highest BCUT2D eigenvalue weighted by Crippen LogP contribution is 2.06. The maximum Gasteiger partial charge on any atom is 0.271 e. The minimum Gasteiger partial charge on any atom is -0.349 e. The lowest BCUT2D eigenvalue weighted by atomic mass is 10.3. The first-order valence-corrected chi connectivity index (χ1v) is 4.34. The summed E-state index contributed by atoms with van der Waals surface area (Å²) in [5.41, 5.74) is 0. The first-order valence-electron chi connectivity index (χ1n) is 4.34. The molecule has 1 aliphatic heterocycles. The molecule has 0 aromatic heterocycles. The van der Waals surface area contributed by atoms with Crippen LogP contribution in [0.5, 0.6) is 0 Å². The van der Waals surface area contributed by atoms with Gasteiger partial charge < -0.3 is 19.5 Å². The van der Waals surface area contributed by atoms with Crippen LogP contribution in [-0.2, 0) is 19.0 Å². The Balaban J connectivity index is 2.18. The maximum absolute atomic E-state index is 10.7. The molecule has 0 bridgehead atoms. The van der Waals surface area contributed by atoms with E-state index in [1.54, 1.807) is 0 Å². The summed E-state index contributed by atoms with van der Waals surface area (Å²) < 4.78 is 15.4. The lowest BCUT2D eigenvalue weighted by Crippen LogP contribution is -2.47. The molecule has 1 saturated heterocycles. The lowest BCUT2D eigenvalue weighted by Gasteiger charge is -2.28. The van der Waals surface area contributed by atoms with Crippen molar-refractivity contribution < 1.29 is 19.0 Å². The van der Waals surface area contributed by atoms with E-state index in [4.69, 9.17) is 14.2 Å². The van der Waals surface area contributed by atoms with Crippen LogP contribution in [-0.4, -0.2) is 38.2 Å². The van der Waals surface area contributed by atoms with Gasteiger partial charge in [0, 0.05) is 13.5 Å². The molecule has 0 aliphatic carbocycles. The molecule has 1 amide bonds. The molecule has 0 aromatic rings. The van der Waals surface area contributed by atoms with Crippen LogP contribution in [0.4, 0.5) is 0 Å². The molecule has 1 rings (SSSR count). The van der Waals surface area contributed by atoms with Gasteiger partial charge in [0.1, 0.15) is 0 Å². The van der Waals surface area contributed by atoms with Gasteiger partial charge in [-0.1, -0.05) is 0 Å². The summed E-state index contributed by atoms with van der Waals surface area (Å²) in [4.78, 5) is 10.7. The molecular weight excluding hydrogens is 174 g/mol. The fourth-order valence-electron chi connectivity index (χ4n) is 1.09. The van der Waals surface area contributed by atoms with Crippen LogP contribution in [0.1, 0.15) is 13.8 Å². The van der Waals surface area contributed by atoms with Crippen LogP contribution in [0.3, 0.4) is 0 Å². The predicted molar refractivity (Wildman–Crippen MR) is 44.9 cm³/mol. The Morgan fingerprint density at radius 3 is 2.62 bits per heavy atom. The molecular formula is C8H15NO4. The highest BCUT2D eigenvalue weighted by atomic mass is 16.8. The second-order valence-electron chi connectivity index (χ2n) is 2.81. The van der Waals surface area contributed by atoms with E-state index in [0.717, 1.165) is 0 Å². The summed E-state index contributed by atoms with van der Waals surface area (Å²) in [6.45, 7) is 4.18. The summed E-state index contributed by atoms with van der Waals surface area (Å²) in [6, 6.07) is -0.0609. The number of hydrogen-bond acceptors (Lipinski definition) is 4. The molecule has 1 aliphatic rings. The summed E-state index contributed by atoms with van der Waals surface area (Å²) in [6.07, 6.45) is 0. The van der Waals surface area contributed by atoms with Crippen molar-refractivity contribution in [2.45, 2.75) is 26.4 Å². The molecule has 1 fully saturated rings. The van der Waals surface area contributed by atoms with Crippen molar-refractivity contribution in [1.29, 1.82) is 0 Å². The van der Waals surface area contributed by atoms with Crippen molar-refractivity contribution in [3.05, 3.63) is 0 Å². The number of ether oxygens (including phenoxy) is 3. The standard InChI is InChI=1S/C8H15NO4/c1-3-11-8-12-4-7(5-13-8)9-6(2)10/h7-8H,3-5H2,1-2H3,(H,9,10). The van der Waals surface area contributed by atoms with E-state index in [0.29, 0.717) is 19.8 Å². The van der Waals surface area contributed by atoms with Gasteiger partial charge >= 0.3 is 0 Å². The number of hydrogen-bond donors (Lipinski definition) is 1. The largest absolute Gasteiger partial charge is 0.349 e. The molecule has 5 heteroatoms. The fourth-order valence-corrected chi connectivity index (χ4v) is 1.09. The van der Waals surface area contributed by atoms with E-state index >= 15 is 0 Å². The Labute approximate surface area is 77.3 Å². The quantitative estimate of drug-likeness (QED) is 0.671. The predicted octanol–water partition coefficient (Wildman–Crippen LogP) is -0.142. The molecule has 0 aromatic carbocycles. The topological polar surface area (TPSA) is 56.8 Å². The zero-order valence-electron chi connectivity index (χ0n) is 7.91. The van der Waals surface area contributed by atoms with Crippen LogP contribution < -0.4 is 5.32 Å². The first-order chi connectivity index (χ1) is 6.22. The van der Waals surface area contributed by atoms with Crippen LogP contribution in [0, 0.1) is 0 Å². The zero-order valence-corrected chi connectivity index (χ0v) is 7.91. The Kier molecular flexibility index (Phi) is 4.14. The monoisotopic (exact) mass is 189 g/mol. The second-order valence-corrected chi connectivity index (χ2v) is 2.81. The Morgan fingerprint density at radius 2 is 2.15 bits per heavy atom.